The second-order valence-corrected chi connectivity index (χ2v) is 8.52. The van der Waals surface area contributed by atoms with Crippen LogP contribution in [0, 0.1) is 0 Å². The average Bonchev–Trinajstić information content (AvgIpc) is 3.57. The average molecular weight is 471 g/mol. The predicted octanol–water partition coefficient (Wildman–Crippen LogP) is 4.36. The number of anilines is 2. The van der Waals surface area contributed by atoms with E-state index >= 15 is 0 Å². The number of carbonyl (C=O) groups is 1. The maximum absolute atomic E-state index is 12.9. The fraction of sp³-hybridized carbons (Fsp3) is 0.280. The van der Waals surface area contributed by atoms with E-state index in [1.54, 1.807) is 30.6 Å². The van der Waals surface area contributed by atoms with E-state index in [-0.39, 0.29) is 11.7 Å². The second kappa shape index (κ2) is 9.88. The Kier molecular flexibility index (Phi) is 6.34. The summed E-state index contributed by atoms with van der Waals surface area (Å²) in [5.41, 5.74) is 0.818. The molecular formula is C25H26N8O2. The van der Waals surface area contributed by atoms with Crippen molar-refractivity contribution in [2.24, 2.45) is 0 Å². The SMILES string of the molecule is CC(C)n1cnnc1-c1cccc(NC(=O)c2cc(Oc3cccc(N4CCCC4)n3)ccn2)n1. The third kappa shape index (κ3) is 5.11. The highest BCUT2D eigenvalue weighted by molar-refractivity contribution is 6.02. The monoisotopic (exact) mass is 470 g/mol. The molecule has 4 aromatic heterocycles. The van der Waals surface area contributed by atoms with Crippen molar-refractivity contribution in [1.29, 1.82) is 0 Å². The summed E-state index contributed by atoms with van der Waals surface area (Å²) in [4.78, 5) is 28.5. The Balaban J connectivity index is 1.30. The minimum Gasteiger partial charge on any atom is -0.439 e. The molecule has 1 saturated heterocycles. The smallest absolute Gasteiger partial charge is 0.275 e. The van der Waals surface area contributed by atoms with E-state index in [1.807, 2.05) is 42.7 Å². The van der Waals surface area contributed by atoms with Crippen molar-refractivity contribution in [3.05, 3.63) is 66.7 Å². The number of nitrogens with zero attached hydrogens (tertiary/aromatic N) is 7. The van der Waals surface area contributed by atoms with Crippen LogP contribution in [0.2, 0.25) is 0 Å². The van der Waals surface area contributed by atoms with Crippen LogP contribution in [0.5, 0.6) is 11.6 Å². The number of carbonyl (C=O) groups excluding carboxylic acids is 1. The summed E-state index contributed by atoms with van der Waals surface area (Å²) >= 11 is 0. The van der Waals surface area contributed by atoms with E-state index < -0.39 is 5.91 Å². The van der Waals surface area contributed by atoms with Crippen LogP contribution >= 0.6 is 0 Å². The van der Waals surface area contributed by atoms with E-state index in [0.29, 0.717) is 29.0 Å². The van der Waals surface area contributed by atoms with Crippen molar-refractivity contribution in [2.45, 2.75) is 32.7 Å². The van der Waals surface area contributed by atoms with Crippen LogP contribution in [0.4, 0.5) is 11.6 Å². The summed E-state index contributed by atoms with van der Waals surface area (Å²) in [7, 11) is 0. The first-order valence-corrected chi connectivity index (χ1v) is 11.6. The first-order valence-electron chi connectivity index (χ1n) is 11.6. The lowest BCUT2D eigenvalue weighted by Crippen LogP contribution is -2.18. The van der Waals surface area contributed by atoms with E-state index in [9.17, 15) is 4.79 Å². The molecule has 4 aromatic rings. The van der Waals surface area contributed by atoms with Crippen molar-refractivity contribution in [2.75, 3.05) is 23.3 Å². The summed E-state index contributed by atoms with van der Waals surface area (Å²) < 4.78 is 7.85. The Bertz CT molecular complexity index is 1330. The highest BCUT2D eigenvalue weighted by atomic mass is 16.5. The van der Waals surface area contributed by atoms with Gasteiger partial charge in [0, 0.05) is 37.5 Å². The highest BCUT2D eigenvalue weighted by Gasteiger charge is 2.16. The van der Waals surface area contributed by atoms with Gasteiger partial charge in [0.05, 0.1) is 0 Å². The molecule has 0 aliphatic carbocycles. The fourth-order valence-electron chi connectivity index (χ4n) is 3.92. The molecule has 1 aliphatic heterocycles. The van der Waals surface area contributed by atoms with Crippen LogP contribution in [0.25, 0.3) is 11.5 Å². The minimum atomic E-state index is -0.399. The Morgan fingerprint density at radius 2 is 1.89 bits per heavy atom. The number of hydrogen-bond donors (Lipinski definition) is 1. The lowest BCUT2D eigenvalue weighted by molar-refractivity contribution is 0.102. The van der Waals surface area contributed by atoms with Crippen molar-refractivity contribution in [1.82, 2.24) is 29.7 Å². The summed E-state index contributed by atoms with van der Waals surface area (Å²) in [6, 6.07) is 14.5. The highest BCUT2D eigenvalue weighted by Crippen LogP contribution is 2.25. The van der Waals surface area contributed by atoms with E-state index in [4.69, 9.17) is 4.74 Å². The van der Waals surface area contributed by atoms with Gasteiger partial charge in [0.2, 0.25) is 5.88 Å². The van der Waals surface area contributed by atoms with Crippen molar-refractivity contribution >= 4 is 17.5 Å². The molecule has 1 aliphatic rings. The zero-order valence-electron chi connectivity index (χ0n) is 19.6. The van der Waals surface area contributed by atoms with E-state index in [0.717, 1.165) is 18.9 Å². The van der Waals surface area contributed by atoms with Gasteiger partial charge < -0.3 is 19.5 Å². The second-order valence-electron chi connectivity index (χ2n) is 8.52. The number of ether oxygens (including phenoxy) is 1. The summed E-state index contributed by atoms with van der Waals surface area (Å²) in [6.07, 6.45) is 5.54. The molecule has 0 radical (unpaired) electrons. The molecule has 0 unspecified atom stereocenters. The van der Waals surface area contributed by atoms with Crippen LogP contribution in [-0.4, -0.2) is 48.7 Å². The maximum Gasteiger partial charge on any atom is 0.275 e. The Hall–Kier alpha value is -4.34. The number of nitrogens with one attached hydrogen (secondary N) is 1. The number of pyridine rings is 3. The molecule has 1 N–H and O–H groups in total. The zero-order valence-corrected chi connectivity index (χ0v) is 19.6. The number of hydrogen-bond acceptors (Lipinski definition) is 8. The van der Waals surface area contributed by atoms with Gasteiger partial charge in [0.1, 0.15) is 35.1 Å². The first kappa shape index (κ1) is 22.5. The molecule has 1 fully saturated rings. The number of rotatable bonds is 7. The zero-order chi connectivity index (χ0) is 24.2. The van der Waals surface area contributed by atoms with Crippen molar-refractivity contribution < 1.29 is 9.53 Å². The predicted molar refractivity (Wildman–Crippen MR) is 132 cm³/mol. The summed E-state index contributed by atoms with van der Waals surface area (Å²) in [5.74, 6) is 2.46. The van der Waals surface area contributed by atoms with Gasteiger partial charge in [-0.25, -0.2) is 4.98 Å². The topological polar surface area (TPSA) is 111 Å². The van der Waals surface area contributed by atoms with E-state index in [1.165, 1.54) is 19.0 Å². The standard InChI is InChI=1S/C25H26N8O2/c1-17(2)33-16-27-31-24(33)19-7-5-8-21(28-19)29-25(34)20-15-18(11-12-26-20)35-23-10-6-9-22(30-23)32-13-3-4-14-32/h5-12,15-17H,3-4,13-14H2,1-2H3,(H,28,29,34). The normalized spacial score (nSPS) is 13.3. The van der Waals surface area contributed by atoms with Crippen LogP contribution in [0.3, 0.4) is 0 Å². The van der Waals surface area contributed by atoms with Gasteiger partial charge >= 0.3 is 0 Å². The third-order valence-corrected chi connectivity index (χ3v) is 5.67. The van der Waals surface area contributed by atoms with Crippen LogP contribution < -0.4 is 15.0 Å². The largest absolute Gasteiger partial charge is 0.439 e. The number of amides is 1. The molecule has 10 heteroatoms. The molecule has 10 nitrogen and oxygen atoms in total. The van der Waals surface area contributed by atoms with Crippen LogP contribution in [-0.2, 0) is 0 Å². The van der Waals surface area contributed by atoms with Gasteiger partial charge in [0.25, 0.3) is 5.91 Å². The molecule has 0 aromatic carbocycles. The molecule has 1 amide bonds. The number of aromatic nitrogens is 6. The molecule has 0 atom stereocenters. The minimum absolute atomic E-state index is 0.178. The maximum atomic E-state index is 12.9. The Morgan fingerprint density at radius 3 is 2.71 bits per heavy atom. The Morgan fingerprint density at radius 1 is 1.06 bits per heavy atom. The molecule has 0 bridgehead atoms. The van der Waals surface area contributed by atoms with Crippen LogP contribution in [0.15, 0.2) is 61.1 Å². The van der Waals surface area contributed by atoms with Gasteiger partial charge in [-0.2, -0.15) is 4.98 Å². The molecule has 35 heavy (non-hydrogen) atoms. The molecule has 178 valence electrons. The van der Waals surface area contributed by atoms with Crippen molar-refractivity contribution in [3.8, 4) is 23.1 Å². The molecule has 0 spiro atoms. The van der Waals surface area contributed by atoms with Crippen LogP contribution in [0.1, 0.15) is 43.2 Å². The molecule has 5 heterocycles. The quantitative estimate of drug-likeness (QED) is 0.424. The molecular weight excluding hydrogens is 444 g/mol. The Labute approximate surface area is 203 Å². The van der Waals surface area contributed by atoms with Gasteiger partial charge in [-0.05, 0) is 51.0 Å². The lowest BCUT2D eigenvalue weighted by atomic mass is 10.3. The van der Waals surface area contributed by atoms with Crippen molar-refractivity contribution in [3.63, 3.8) is 0 Å². The lowest BCUT2D eigenvalue weighted by Gasteiger charge is -2.16. The summed E-state index contributed by atoms with van der Waals surface area (Å²) in [5, 5.41) is 11.0. The van der Waals surface area contributed by atoms with Gasteiger partial charge in [-0.3, -0.25) is 9.78 Å². The summed E-state index contributed by atoms with van der Waals surface area (Å²) in [6.45, 7) is 6.08. The van der Waals surface area contributed by atoms with Gasteiger partial charge in [-0.15, -0.1) is 10.2 Å². The first-order chi connectivity index (χ1) is 17.1. The van der Waals surface area contributed by atoms with Gasteiger partial charge in [-0.1, -0.05) is 12.1 Å². The van der Waals surface area contributed by atoms with E-state index in [2.05, 4.69) is 35.4 Å². The molecule has 0 saturated carbocycles. The fourth-order valence-corrected chi connectivity index (χ4v) is 3.92. The third-order valence-electron chi connectivity index (χ3n) is 5.67. The van der Waals surface area contributed by atoms with Gasteiger partial charge in [0.15, 0.2) is 5.82 Å². The molecule has 5 rings (SSSR count).